The van der Waals surface area contributed by atoms with Crippen molar-refractivity contribution >= 4 is 5.91 Å². The van der Waals surface area contributed by atoms with Crippen molar-refractivity contribution in [1.29, 1.82) is 0 Å². The van der Waals surface area contributed by atoms with Crippen LogP contribution in [0.4, 0.5) is 0 Å². The number of carbonyl (C=O) groups is 1. The first-order valence-electron chi connectivity index (χ1n) is 4.93. The Labute approximate surface area is 84.4 Å². The number of rotatable bonds is 3. The van der Waals surface area contributed by atoms with Crippen LogP contribution in [0.25, 0.3) is 0 Å². The Kier molecular flexibility index (Phi) is 3.86. The zero-order valence-corrected chi connectivity index (χ0v) is 8.77. The Morgan fingerprint density at radius 1 is 1.57 bits per heavy atom. The Morgan fingerprint density at radius 3 is 2.71 bits per heavy atom. The highest BCUT2D eigenvalue weighted by Gasteiger charge is 2.28. The van der Waals surface area contributed by atoms with Crippen LogP contribution in [0.3, 0.4) is 0 Å². The second-order valence-corrected chi connectivity index (χ2v) is 3.84. The van der Waals surface area contributed by atoms with E-state index in [2.05, 4.69) is 0 Å². The molecule has 0 bridgehead atoms. The van der Waals surface area contributed by atoms with Crippen molar-refractivity contribution in [2.24, 2.45) is 11.5 Å². The molecule has 5 nitrogen and oxygen atoms in total. The molecule has 82 valence electrons. The molecule has 3 atom stereocenters. The van der Waals surface area contributed by atoms with Gasteiger partial charge in [-0.05, 0) is 13.8 Å². The molecular formula is C9H19N3O2. The highest BCUT2D eigenvalue weighted by Crippen LogP contribution is 2.10. The van der Waals surface area contributed by atoms with Gasteiger partial charge in [-0.1, -0.05) is 0 Å². The summed E-state index contributed by atoms with van der Waals surface area (Å²) in [6.07, 6.45) is 0.00514. The molecule has 14 heavy (non-hydrogen) atoms. The van der Waals surface area contributed by atoms with Gasteiger partial charge in [0.15, 0.2) is 0 Å². The summed E-state index contributed by atoms with van der Waals surface area (Å²) in [7, 11) is 0. The van der Waals surface area contributed by atoms with Crippen LogP contribution in [0.2, 0.25) is 0 Å². The van der Waals surface area contributed by atoms with Crippen molar-refractivity contribution in [2.75, 3.05) is 19.7 Å². The van der Waals surface area contributed by atoms with E-state index in [4.69, 9.17) is 16.2 Å². The predicted molar refractivity (Wildman–Crippen MR) is 53.6 cm³/mol. The van der Waals surface area contributed by atoms with Crippen molar-refractivity contribution in [3.63, 3.8) is 0 Å². The smallest absolute Gasteiger partial charge is 0.234 e. The van der Waals surface area contributed by atoms with E-state index in [-0.39, 0.29) is 24.1 Å². The molecule has 0 aromatic carbocycles. The van der Waals surface area contributed by atoms with Gasteiger partial charge >= 0.3 is 0 Å². The molecule has 0 saturated carbocycles. The molecule has 0 aromatic heterocycles. The second-order valence-electron chi connectivity index (χ2n) is 3.84. The molecule has 1 aliphatic heterocycles. The lowest BCUT2D eigenvalue weighted by Crippen LogP contribution is -2.54. The molecule has 1 fully saturated rings. The van der Waals surface area contributed by atoms with Gasteiger partial charge in [-0.25, -0.2) is 0 Å². The van der Waals surface area contributed by atoms with Gasteiger partial charge in [-0.2, -0.15) is 0 Å². The molecule has 1 amide bonds. The number of nitrogens with two attached hydrogens (primary N) is 2. The van der Waals surface area contributed by atoms with E-state index in [1.165, 1.54) is 0 Å². The number of ether oxygens (including phenoxy) is 1. The van der Waals surface area contributed by atoms with Crippen LogP contribution < -0.4 is 11.5 Å². The first-order chi connectivity index (χ1) is 6.52. The minimum atomic E-state index is -0.296. The largest absolute Gasteiger partial charge is 0.374 e. The highest BCUT2D eigenvalue weighted by molar-refractivity contribution is 5.79. The van der Waals surface area contributed by atoms with Crippen LogP contribution in [-0.4, -0.2) is 48.7 Å². The van der Waals surface area contributed by atoms with Crippen molar-refractivity contribution in [2.45, 2.75) is 32.0 Å². The fourth-order valence-electron chi connectivity index (χ4n) is 1.55. The maximum atomic E-state index is 11.0. The van der Waals surface area contributed by atoms with E-state index in [1.807, 2.05) is 18.7 Å². The SMILES string of the molecule is CC(N)C1CN(C(C)C(N)=O)CCO1. The van der Waals surface area contributed by atoms with Crippen molar-refractivity contribution in [3.05, 3.63) is 0 Å². The first-order valence-corrected chi connectivity index (χ1v) is 4.93. The van der Waals surface area contributed by atoms with E-state index in [1.54, 1.807) is 0 Å². The monoisotopic (exact) mass is 201 g/mol. The van der Waals surface area contributed by atoms with Crippen molar-refractivity contribution in [3.8, 4) is 0 Å². The summed E-state index contributed by atoms with van der Waals surface area (Å²) in [4.78, 5) is 13.0. The average molecular weight is 201 g/mol. The summed E-state index contributed by atoms with van der Waals surface area (Å²) in [5.41, 5.74) is 11.0. The zero-order valence-electron chi connectivity index (χ0n) is 8.77. The zero-order chi connectivity index (χ0) is 10.7. The quantitative estimate of drug-likeness (QED) is 0.608. The van der Waals surface area contributed by atoms with Gasteiger partial charge in [0.05, 0.1) is 18.8 Å². The molecule has 1 saturated heterocycles. The number of carbonyl (C=O) groups excluding carboxylic acids is 1. The molecule has 1 heterocycles. The first kappa shape index (κ1) is 11.4. The van der Waals surface area contributed by atoms with Gasteiger partial charge in [-0.3, -0.25) is 9.69 Å². The van der Waals surface area contributed by atoms with Gasteiger partial charge in [0.25, 0.3) is 0 Å². The van der Waals surface area contributed by atoms with E-state index in [0.29, 0.717) is 13.2 Å². The lowest BCUT2D eigenvalue weighted by atomic mass is 10.1. The van der Waals surface area contributed by atoms with Gasteiger partial charge < -0.3 is 16.2 Å². The third kappa shape index (κ3) is 2.67. The average Bonchev–Trinajstić information content (AvgIpc) is 2.16. The molecule has 0 radical (unpaired) electrons. The third-order valence-corrected chi connectivity index (χ3v) is 2.67. The minimum Gasteiger partial charge on any atom is -0.374 e. The highest BCUT2D eigenvalue weighted by atomic mass is 16.5. The minimum absolute atomic E-state index is 0.00514. The summed E-state index contributed by atoms with van der Waals surface area (Å²) in [6, 6.07) is -0.252. The fraction of sp³-hybridized carbons (Fsp3) is 0.889. The topological polar surface area (TPSA) is 81.6 Å². The Morgan fingerprint density at radius 2 is 2.21 bits per heavy atom. The van der Waals surface area contributed by atoms with Crippen molar-refractivity contribution in [1.82, 2.24) is 4.90 Å². The molecule has 1 rings (SSSR count). The number of amides is 1. The normalized spacial score (nSPS) is 28.4. The molecule has 4 N–H and O–H groups in total. The Bertz CT molecular complexity index is 208. The summed E-state index contributed by atoms with van der Waals surface area (Å²) in [5.74, 6) is -0.296. The fourth-order valence-corrected chi connectivity index (χ4v) is 1.55. The number of hydrogen-bond acceptors (Lipinski definition) is 4. The van der Waals surface area contributed by atoms with Gasteiger partial charge in [0.2, 0.25) is 5.91 Å². The summed E-state index contributed by atoms with van der Waals surface area (Å²) in [6.45, 7) is 5.76. The number of morpholine rings is 1. The third-order valence-electron chi connectivity index (χ3n) is 2.67. The summed E-state index contributed by atoms with van der Waals surface area (Å²) in [5, 5.41) is 0. The van der Waals surface area contributed by atoms with Gasteiger partial charge in [0.1, 0.15) is 0 Å². The second kappa shape index (κ2) is 4.72. The number of hydrogen-bond donors (Lipinski definition) is 2. The molecule has 5 heteroatoms. The lowest BCUT2D eigenvalue weighted by Gasteiger charge is -2.37. The molecule has 0 spiro atoms. The van der Waals surface area contributed by atoms with Crippen molar-refractivity contribution < 1.29 is 9.53 Å². The van der Waals surface area contributed by atoms with Crippen LogP contribution in [0.1, 0.15) is 13.8 Å². The Hall–Kier alpha value is -0.650. The van der Waals surface area contributed by atoms with E-state index in [9.17, 15) is 4.79 Å². The van der Waals surface area contributed by atoms with Crippen LogP contribution in [0, 0.1) is 0 Å². The lowest BCUT2D eigenvalue weighted by molar-refractivity contribution is -0.126. The van der Waals surface area contributed by atoms with E-state index in [0.717, 1.165) is 6.54 Å². The number of primary amides is 1. The van der Waals surface area contributed by atoms with Crippen LogP contribution in [0.15, 0.2) is 0 Å². The van der Waals surface area contributed by atoms with E-state index < -0.39 is 0 Å². The molecule has 3 unspecified atom stereocenters. The molecule has 0 aromatic rings. The summed E-state index contributed by atoms with van der Waals surface area (Å²) >= 11 is 0. The van der Waals surface area contributed by atoms with Crippen LogP contribution in [0.5, 0.6) is 0 Å². The Balaban J connectivity index is 2.51. The van der Waals surface area contributed by atoms with Gasteiger partial charge in [-0.15, -0.1) is 0 Å². The van der Waals surface area contributed by atoms with Crippen LogP contribution in [-0.2, 0) is 9.53 Å². The van der Waals surface area contributed by atoms with Crippen LogP contribution >= 0.6 is 0 Å². The maximum absolute atomic E-state index is 11.0. The molecule has 1 aliphatic rings. The maximum Gasteiger partial charge on any atom is 0.234 e. The van der Waals surface area contributed by atoms with Gasteiger partial charge in [0, 0.05) is 19.1 Å². The summed E-state index contributed by atoms with van der Waals surface area (Å²) < 4.78 is 5.48. The molecule has 0 aliphatic carbocycles. The van der Waals surface area contributed by atoms with E-state index >= 15 is 0 Å². The predicted octanol–water partition coefficient (Wildman–Crippen LogP) is -1.09. The number of nitrogens with zero attached hydrogens (tertiary/aromatic N) is 1. The standard InChI is InChI=1S/C9H19N3O2/c1-6(10)8-5-12(3-4-14-8)7(2)9(11)13/h6-8H,3-5,10H2,1-2H3,(H2,11,13). The molecular weight excluding hydrogens is 182 g/mol.